The summed E-state index contributed by atoms with van der Waals surface area (Å²) in [6.07, 6.45) is 2.59. The van der Waals surface area contributed by atoms with Gasteiger partial charge in [-0.15, -0.1) is 0 Å². The van der Waals surface area contributed by atoms with Gasteiger partial charge in [0.05, 0.1) is 18.8 Å². The molecule has 2 unspecified atom stereocenters. The van der Waals surface area contributed by atoms with Crippen molar-refractivity contribution in [2.45, 2.75) is 57.4 Å². The lowest BCUT2D eigenvalue weighted by atomic mass is 10.0. The van der Waals surface area contributed by atoms with Gasteiger partial charge in [-0.3, -0.25) is 9.69 Å². The van der Waals surface area contributed by atoms with Crippen molar-refractivity contribution in [1.82, 2.24) is 14.7 Å². The van der Waals surface area contributed by atoms with E-state index in [9.17, 15) is 9.59 Å². The molecule has 0 saturated carbocycles. The minimum absolute atomic E-state index is 0.00662. The number of carbonyl (C=O) groups excluding carboxylic acids is 2. The fraction of sp³-hybridized carbons (Fsp3) is 0.882. The van der Waals surface area contributed by atoms with E-state index >= 15 is 0 Å². The highest BCUT2D eigenvalue weighted by Gasteiger charge is 2.52. The summed E-state index contributed by atoms with van der Waals surface area (Å²) in [5.74, 6) is -0.0267. The number of hydrogen-bond acceptors (Lipinski definition) is 5. The SMILES string of the molecule is COC1CC2C(=O)N(C3CCN(CCOC(C)C)CC3)C(=O)N2C1. The molecular weight excluding hydrogens is 310 g/mol. The molecule has 3 rings (SSSR count). The van der Waals surface area contributed by atoms with E-state index in [0.29, 0.717) is 13.0 Å². The maximum absolute atomic E-state index is 12.7. The van der Waals surface area contributed by atoms with Crippen molar-refractivity contribution in [2.24, 2.45) is 0 Å². The van der Waals surface area contributed by atoms with Crippen LogP contribution in [0.2, 0.25) is 0 Å². The summed E-state index contributed by atoms with van der Waals surface area (Å²) in [6, 6.07) is -0.384. The van der Waals surface area contributed by atoms with Gasteiger partial charge in [0.2, 0.25) is 0 Å². The second-order valence-corrected chi connectivity index (χ2v) is 7.24. The van der Waals surface area contributed by atoms with Gasteiger partial charge in [0, 0.05) is 45.8 Å². The van der Waals surface area contributed by atoms with Crippen molar-refractivity contribution < 1.29 is 19.1 Å². The van der Waals surface area contributed by atoms with E-state index in [1.54, 1.807) is 12.0 Å². The van der Waals surface area contributed by atoms with Crippen LogP contribution in [0.4, 0.5) is 4.79 Å². The number of fused-ring (bicyclic) bond motifs is 1. The van der Waals surface area contributed by atoms with Gasteiger partial charge in [0.25, 0.3) is 5.91 Å². The van der Waals surface area contributed by atoms with Crippen LogP contribution in [-0.2, 0) is 14.3 Å². The summed E-state index contributed by atoms with van der Waals surface area (Å²) < 4.78 is 10.9. The molecule has 0 N–H and O–H groups in total. The molecular formula is C17H29N3O4. The third kappa shape index (κ3) is 3.43. The maximum Gasteiger partial charge on any atom is 0.327 e. The second-order valence-electron chi connectivity index (χ2n) is 7.24. The van der Waals surface area contributed by atoms with Gasteiger partial charge in [-0.25, -0.2) is 4.79 Å². The van der Waals surface area contributed by atoms with Crippen LogP contribution < -0.4 is 0 Å². The van der Waals surface area contributed by atoms with E-state index in [-0.39, 0.29) is 36.2 Å². The summed E-state index contributed by atoms with van der Waals surface area (Å²) in [5, 5.41) is 0. The van der Waals surface area contributed by atoms with E-state index < -0.39 is 0 Å². The van der Waals surface area contributed by atoms with Gasteiger partial charge in [-0.05, 0) is 26.7 Å². The fourth-order valence-electron chi connectivity index (χ4n) is 3.96. The molecule has 3 aliphatic heterocycles. The Balaban J connectivity index is 1.50. The number of nitrogens with zero attached hydrogens (tertiary/aromatic N) is 3. The number of ether oxygens (including phenoxy) is 2. The lowest BCUT2D eigenvalue weighted by Gasteiger charge is -2.35. The van der Waals surface area contributed by atoms with Crippen molar-refractivity contribution in [3.8, 4) is 0 Å². The molecule has 3 aliphatic rings. The molecule has 3 saturated heterocycles. The summed E-state index contributed by atoms with van der Waals surface area (Å²) in [6.45, 7) is 8.08. The number of hydrogen-bond donors (Lipinski definition) is 0. The van der Waals surface area contributed by atoms with Gasteiger partial charge in [-0.2, -0.15) is 0 Å². The van der Waals surface area contributed by atoms with Gasteiger partial charge in [0.15, 0.2) is 0 Å². The normalized spacial score (nSPS) is 29.2. The Morgan fingerprint density at radius 3 is 2.50 bits per heavy atom. The van der Waals surface area contributed by atoms with Crippen LogP contribution in [0.1, 0.15) is 33.1 Å². The zero-order valence-corrected chi connectivity index (χ0v) is 14.9. The predicted octanol–water partition coefficient (Wildman–Crippen LogP) is 0.927. The number of rotatable bonds is 6. The molecule has 0 aromatic heterocycles. The monoisotopic (exact) mass is 339 g/mol. The first-order chi connectivity index (χ1) is 11.5. The van der Waals surface area contributed by atoms with Crippen molar-refractivity contribution in [2.75, 3.05) is 39.9 Å². The molecule has 24 heavy (non-hydrogen) atoms. The van der Waals surface area contributed by atoms with Crippen molar-refractivity contribution in [3.05, 3.63) is 0 Å². The first kappa shape index (κ1) is 17.6. The Morgan fingerprint density at radius 1 is 1.21 bits per heavy atom. The van der Waals surface area contributed by atoms with Gasteiger partial charge >= 0.3 is 6.03 Å². The van der Waals surface area contributed by atoms with Crippen LogP contribution in [0.25, 0.3) is 0 Å². The van der Waals surface area contributed by atoms with Crippen molar-refractivity contribution in [1.29, 1.82) is 0 Å². The number of urea groups is 1. The lowest BCUT2D eigenvalue weighted by Crippen LogP contribution is -2.49. The number of likely N-dealkylation sites (tertiary alicyclic amines) is 1. The Kier molecular flexibility index (Phi) is 5.42. The number of amides is 3. The summed E-state index contributed by atoms with van der Waals surface area (Å²) in [4.78, 5) is 30.9. The zero-order valence-electron chi connectivity index (χ0n) is 14.9. The second kappa shape index (κ2) is 7.37. The molecule has 3 heterocycles. The van der Waals surface area contributed by atoms with Crippen LogP contribution in [0, 0.1) is 0 Å². The van der Waals surface area contributed by atoms with E-state index in [4.69, 9.17) is 9.47 Å². The highest BCUT2D eigenvalue weighted by atomic mass is 16.5. The third-order valence-electron chi connectivity index (χ3n) is 5.35. The molecule has 2 atom stereocenters. The van der Waals surface area contributed by atoms with Crippen LogP contribution in [-0.4, -0.2) is 90.8 Å². The molecule has 0 radical (unpaired) electrons. The summed E-state index contributed by atoms with van der Waals surface area (Å²) >= 11 is 0. The molecule has 0 aromatic carbocycles. The Bertz CT molecular complexity index is 452. The maximum atomic E-state index is 12.7. The van der Waals surface area contributed by atoms with Gasteiger partial charge in [0.1, 0.15) is 6.04 Å². The lowest BCUT2D eigenvalue weighted by molar-refractivity contribution is -0.130. The highest BCUT2D eigenvalue weighted by molar-refractivity contribution is 6.05. The minimum Gasteiger partial charge on any atom is -0.380 e. The summed E-state index contributed by atoms with van der Waals surface area (Å²) in [7, 11) is 1.64. The minimum atomic E-state index is -0.306. The predicted molar refractivity (Wildman–Crippen MR) is 88.7 cm³/mol. The van der Waals surface area contributed by atoms with Crippen molar-refractivity contribution >= 4 is 11.9 Å². The van der Waals surface area contributed by atoms with Crippen molar-refractivity contribution in [3.63, 3.8) is 0 Å². The zero-order chi connectivity index (χ0) is 17.3. The number of piperidine rings is 1. The summed E-state index contributed by atoms with van der Waals surface area (Å²) in [5.41, 5.74) is 0. The highest BCUT2D eigenvalue weighted by Crippen LogP contribution is 2.32. The number of methoxy groups -OCH3 is 1. The van der Waals surface area contributed by atoms with Gasteiger partial charge in [-0.1, -0.05) is 0 Å². The Morgan fingerprint density at radius 2 is 1.92 bits per heavy atom. The Hall–Kier alpha value is -1.18. The van der Waals surface area contributed by atoms with Crippen LogP contribution >= 0.6 is 0 Å². The largest absolute Gasteiger partial charge is 0.380 e. The number of imide groups is 1. The molecule has 3 fully saturated rings. The molecule has 7 nitrogen and oxygen atoms in total. The van der Waals surface area contributed by atoms with E-state index in [1.807, 2.05) is 13.8 Å². The van der Waals surface area contributed by atoms with Crippen LogP contribution in [0.5, 0.6) is 0 Å². The van der Waals surface area contributed by atoms with Crippen LogP contribution in [0.15, 0.2) is 0 Å². The molecule has 3 amide bonds. The third-order valence-corrected chi connectivity index (χ3v) is 5.35. The van der Waals surface area contributed by atoms with E-state index in [2.05, 4.69) is 4.90 Å². The topological polar surface area (TPSA) is 62.3 Å². The number of carbonyl (C=O) groups is 2. The molecule has 0 aliphatic carbocycles. The fourth-order valence-corrected chi connectivity index (χ4v) is 3.96. The van der Waals surface area contributed by atoms with Gasteiger partial charge < -0.3 is 19.3 Å². The average Bonchev–Trinajstić information content (AvgIpc) is 3.08. The first-order valence-electron chi connectivity index (χ1n) is 9.01. The quantitative estimate of drug-likeness (QED) is 0.674. The first-order valence-corrected chi connectivity index (χ1v) is 9.01. The Labute approximate surface area is 143 Å². The smallest absolute Gasteiger partial charge is 0.327 e. The average molecular weight is 339 g/mol. The molecule has 136 valence electrons. The molecule has 0 bridgehead atoms. The molecule has 0 aromatic rings. The molecule has 0 spiro atoms. The van der Waals surface area contributed by atoms with E-state index in [0.717, 1.165) is 39.1 Å². The van der Waals surface area contributed by atoms with E-state index in [1.165, 1.54) is 4.90 Å². The van der Waals surface area contributed by atoms with Crippen LogP contribution in [0.3, 0.4) is 0 Å². The molecule has 7 heteroatoms. The standard InChI is InChI=1S/C17H29N3O4/c1-12(2)24-9-8-18-6-4-13(5-7-18)20-16(21)15-10-14(23-3)11-19(15)17(20)22/h12-15H,4-11H2,1-3H3.